The molecule has 0 saturated heterocycles. The third kappa shape index (κ3) is 7.80. The molecule has 0 bridgehead atoms. The summed E-state index contributed by atoms with van der Waals surface area (Å²) in [6.45, 7) is 26.8. The average molecular weight is 763 g/mol. The van der Waals surface area contributed by atoms with E-state index in [1.807, 2.05) is 47.0 Å². The van der Waals surface area contributed by atoms with E-state index in [2.05, 4.69) is 144 Å². The topological polar surface area (TPSA) is 49.4 Å². The third-order valence-corrected chi connectivity index (χ3v) is 16.6. The predicted octanol–water partition coefficient (Wildman–Crippen LogP) is 15.4. The molecule has 4 aromatic carbocycles. The fraction of sp³-hybridized carbons (Fsp3) is 0.409. The van der Waals surface area contributed by atoms with Crippen molar-refractivity contribution in [3.8, 4) is 0 Å². The second kappa shape index (κ2) is 16.2. The summed E-state index contributed by atoms with van der Waals surface area (Å²) in [5, 5.41) is 0. The van der Waals surface area contributed by atoms with Crippen LogP contribution in [0.3, 0.4) is 0 Å². The molecule has 0 radical (unpaired) electrons. The monoisotopic (exact) mass is 762 g/mol. The zero-order chi connectivity index (χ0) is 37.4. The van der Waals surface area contributed by atoms with Crippen molar-refractivity contribution in [3.05, 3.63) is 93.0 Å². The number of rotatable bonds is 4. The fourth-order valence-electron chi connectivity index (χ4n) is 6.65. The van der Waals surface area contributed by atoms with Crippen LogP contribution in [0.25, 0.3) is 0 Å². The van der Waals surface area contributed by atoms with Crippen molar-refractivity contribution in [1.82, 2.24) is 0 Å². The predicted molar refractivity (Wildman–Crippen MR) is 230 cm³/mol. The van der Waals surface area contributed by atoms with Gasteiger partial charge in [-0.15, -0.1) is 47.0 Å². The maximum Gasteiger partial charge on any atom is 0.101 e. The van der Waals surface area contributed by atoms with E-state index in [0.29, 0.717) is 0 Å². The van der Waals surface area contributed by atoms with Gasteiger partial charge in [-0.2, -0.15) is 20.0 Å². The fourth-order valence-corrected chi connectivity index (χ4v) is 13.0. The molecule has 4 nitrogen and oxygen atoms in total. The van der Waals surface area contributed by atoms with Crippen molar-refractivity contribution in [2.75, 3.05) is 0 Å². The van der Waals surface area contributed by atoms with Crippen LogP contribution < -0.4 is 0 Å². The highest BCUT2D eigenvalue weighted by Gasteiger charge is 2.34. The highest BCUT2D eigenvalue weighted by molar-refractivity contribution is 8.23. The number of thioether (sulfide) groups is 4. The van der Waals surface area contributed by atoms with E-state index in [4.69, 9.17) is 20.0 Å². The summed E-state index contributed by atoms with van der Waals surface area (Å²) in [6.07, 6.45) is 0. The van der Waals surface area contributed by atoms with Gasteiger partial charge < -0.3 is 0 Å². The summed E-state index contributed by atoms with van der Waals surface area (Å²) in [4.78, 5) is 25.2. The van der Waals surface area contributed by atoms with Gasteiger partial charge in [-0.05, 0) is 95.9 Å². The lowest BCUT2D eigenvalue weighted by Gasteiger charge is -2.30. The molecule has 2 aliphatic rings. The van der Waals surface area contributed by atoms with Crippen LogP contribution in [-0.2, 0) is 0 Å². The van der Waals surface area contributed by atoms with E-state index >= 15 is 0 Å². The van der Waals surface area contributed by atoms with Gasteiger partial charge in [0.15, 0.2) is 0 Å². The molecule has 0 aromatic heterocycles. The zero-order valence-corrected chi connectivity index (χ0v) is 35.8. The lowest BCUT2D eigenvalue weighted by molar-refractivity contribution is 0.860. The number of aliphatic imine (C=N–C) groups is 4. The molecule has 6 rings (SSSR count). The molecular weight excluding hydrogens is 713 g/mol. The van der Waals surface area contributed by atoms with Crippen molar-refractivity contribution in [2.24, 2.45) is 20.0 Å². The zero-order valence-electron chi connectivity index (χ0n) is 32.5. The molecule has 52 heavy (non-hydrogen) atoms. The lowest BCUT2D eigenvalue weighted by atomic mass is 9.99. The molecule has 4 aromatic rings. The van der Waals surface area contributed by atoms with Gasteiger partial charge in [0.2, 0.25) is 0 Å². The lowest BCUT2D eigenvalue weighted by Crippen LogP contribution is -2.15. The Labute approximate surface area is 328 Å². The summed E-state index contributed by atoms with van der Waals surface area (Å²) in [6, 6.07) is 24.5. The van der Waals surface area contributed by atoms with Gasteiger partial charge >= 0.3 is 0 Å². The van der Waals surface area contributed by atoms with Crippen molar-refractivity contribution in [1.29, 1.82) is 0 Å². The molecule has 270 valence electrons. The average Bonchev–Trinajstić information content (AvgIpc) is 3.12. The Hall–Kier alpha value is -2.96. The van der Waals surface area contributed by atoms with E-state index in [-0.39, 0.29) is 32.8 Å². The molecule has 0 N–H and O–H groups in total. The minimum absolute atomic E-state index is 0.0428. The van der Waals surface area contributed by atoms with Gasteiger partial charge in [0.1, 0.15) is 12.0 Å². The molecule has 8 heteroatoms. The Kier molecular flexibility index (Phi) is 12.1. The number of benzene rings is 4. The molecule has 0 aliphatic carbocycles. The minimum atomic E-state index is 0.0428. The molecule has 0 atom stereocenters. The van der Waals surface area contributed by atoms with E-state index in [9.17, 15) is 0 Å². The largest absolute Gasteiger partial charge is 0.186 e. The van der Waals surface area contributed by atoms with Crippen LogP contribution in [0.15, 0.2) is 88.1 Å². The Balaban J connectivity index is 1.74. The smallest absolute Gasteiger partial charge is 0.101 e. The molecule has 0 unspecified atom stereocenters. The summed E-state index contributed by atoms with van der Waals surface area (Å²) in [5.74, 6) is 1.16. The van der Waals surface area contributed by atoms with Crippen LogP contribution in [0.4, 0.5) is 22.7 Å². The van der Waals surface area contributed by atoms with Crippen LogP contribution in [0, 0.1) is 27.7 Å². The van der Waals surface area contributed by atoms with E-state index in [1.165, 1.54) is 64.1 Å². The Bertz CT molecular complexity index is 1850. The second-order valence-corrected chi connectivity index (χ2v) is 20.3. The van der Waals surface area contributed by atoms with Crippen LogP contribution in [0.5, 0.6) is 0 Å². The summed E-state index contributed by atoms with van der Waals surface area (Å²) >= 11 is 7.73. The molecular formula is C44H50N4S4. The molecule has 0 spiro atoms. The quantitative estimate of drug-likeness (QED) is 0.208. The maximum atomic E-state index is 5.10. The third-order valence-electron chi connectivity index (χ3n) is 9.73. The Morgan fingerprint density at radius 2 is 0.596 bits per heavy atom. The molecule has 0 amide bonds. The number of nitrogens with zero attached hydrogens (tertiary/aromatic N) is 4. The second-order valence-electron chi connectivity index (χ2n) is 15.1. The minimum Gasteiger partial charge on any atom is -0.186 e. The van der Waals surface area contributed by atoms with Crippen LogP contribution in [-0.4, -0.2) is 21.2 Å². The van der Waals surface area contributed by atoms with Crippen LogP contribution >= 0.6 is 47.0 Å². The van der Waals surface area contributed by atoms with E-state index in [0.717, 1.165) is 22.7 Å². The van der Waals surface area contributed by atoms with Gasteiger partial charge in [-0.25, -0.2) is 0 Å². The maximum absolute atomic E-state index is 5.10. The van der Waals surface area contributed by atoms with Crippen molar-refractivity contribution < 1.29 is 0 Å². The highest BCUT2D eigenvalue weighted by atomic mass is 32.2. The van der Waals surface area contributed by atoms with Crippen molar-refractivity contribution in [3.63, 3.8) is 0 Å². The van der Waals surface area contributed by atoms with Crippen LogP contribution in [0.2, 0.25) is 0 Å². The number of hydrogen-bond donors (Lipinski definition) is 0. The first-order valence-corrected chi connectivity index (χ1v) is 21.8. The normalized spacial score (nSPS) is 17.1. The van der Waals surface area contributed by atoms with E-state index < -0.39 is 0 Å². The number of hydrogen-bond acceptors (Lipinski definition) is 8. The summed E-state index contributed by atoms with van der Waals surface area (Å²) < 4.78 is 0.0856. The van der Waals surface area contributed by atoms with Crippen molar-refractivity contribution >= 4 is 81.8 Å². The summed E-state index contributed by atoms with van der Waals surface area (Å²) in [7, 11) is 0. The first kappa shape index (κ1) is 38.8. The first-order chi connectivity index (χ1) is 24.8. The standard InChI is InChI=1S/C44H50N4S4/c1-23(2)31-17-13-27(9)39-35(31)45-21-46-36-32(24(3)4)18-14-28(10)40(36)51-44-43(49-39)50-41-29(11)15-19-33(25(5)6)37(41)47-22-48-38-34(26(7)8)20-16-30(12)42(38)52-44/h13-20,23-26,43-44H,1-12H3. The molecule has 0 saturated carbocycles. The Morgan fingerprint density at radius 3 is 0.788 bits per heavy atom. The Morgan fingerprint density at radius 1 is 0.385 bits per heavy atom. The highest BCUT2D eigenvalue weighted by Crippen LogP contribution is 2.57. The number of fused-ring (bicyclic) bond motifs is 5. The van der Waals surface area contributed by atoms with Crippen molar-refractivity contribution in [2.45, 2.75) is 136 Å². The number of aryl methyl sites for hydroxylation is 4. The van der Waals surface area contributed by atoms with Gasteiger partial charge in [0.05, 0.1) is 31.9 Å². The molecule has 2 aliphatic heterocycles. The van der Waals surface area contributed by atoms with E-state index in [1.54, 1.807) is 0 Å². The molecule has 0 fully saturated rings. The van der Waals surface area contributed by atoms with Gasteiger partial charge in [-0.3, -0.25) is 0 Å². The SMILES string of the molecule is Cc1ccc(C(C)C)c2c1SC1Sc3c(C)ccc(C(C)C)c3N=C=Nc3c(C(C)C)ccc(C)c3SC1Sc1c(C)ccc(C(C)C)c1N=C=N2. The summed E-state index contributed by atoms with van der Waals surface area (Å²) in [5.41, 5.74) is 13.6. The van der Waals surface area contributed by atoms with Gasteiger partial charge in [0.25, 0.3) is 0 Å². The molecule has 2 heterocycles. The van der Waals surface area contributed by atoms with Gasteiger partial charge in [0, 0.05) is 19.6 Å². The first-order valence-electron chi connectivity index (χ1n) is 18.3. The van der Waals surface area contributed by atoms with Gasteiger partial charge in [-0.1, -0.05) is 104 Å². The van der Waals surface area contributed by atoms with Crippen LogP contribution in [0.1, 0.15) is 124 Å².